The number of pyridine rings is 1. The maximum Gasteiger partial charge on any atom is 0.101 e. The van der Waals surface area contributed by atoms with Gasteiger partial charge in [0.2, 0.25) is 0 Å². The highest BCUT2D eigenvalue weighted by molar-refractivity contribution is 6.53. The molecule has 2 nitrogen and oxygen atoms in total. The van der Waals surface area contributed by atoms with E-state index in [0.717, 1.165) is 11.1 Å². The van der Waals surface area contributed by atoms with E-state index in [-0.39, 0.29) is 0 Å². The molecular formula is C15H10Cl2N2. The van der Waals surface area contributed by atoms with Crippen molar-refractivity contribution in [1.29, 1.82) is 5.26 Å². The minimum Gasteiger partial charge on any atom is -0.264 e. The van der Waals surface area contributed by atoms with Gasteiger partial charge in [-0.1, -0.05) is 35.3 Å². The molecule has 0 aliphatic heterocycles. The zero-order chi connectivity index (χ0) is 13.8. The number of benzene rings is 1. The lowest BCUT2D eigenvalue weighted by molar-refractivity contribution is 1.31. The molecule has 0 N–H and O–H groups in total. The number of allylic oxidation sites excluding steroid dienone is 1. The van der Waals surface area contributed by atoms with Crippen molar-refractivity contribution in [2.45, 2.75) is 6.92 Å². The van der Waals surface area contributed by atoms with Crippen LogP contribution in [0.25, 0.3) is 10.6 Å². The quantitative estimate of drug-likeness (QED) is 0.753. The van der Waals surface area contributed by atoms with Crippen LogP contribution in [0.4, 0.5) is 0 Å². The van der Waals surface area contributed by atoms with E-state index in [4.69, 9.17) is 23.2 Å². The van der Waals surface area contributed by atoms with E-state index in [1.54, 1.807) is 30.6 Å². The van der Waals surface area contributed by atoms with Crippen molar-refractivity contribution in [1.82, 2.24) is 4.98 Å². The fourth-order valence-corrected chi connectivity index (χ4v) is 2.31. The summed E-state index contributed by atoms with van der Waals surface area (Å²) in [7, 11) is 0. The first-order valence-corrected chi connectivity index (χ1v) is 6.35. The molecule has 1 heterocycles. The van der Waals surface area contributed by atoms with Crippen LogP contribution in [0.5, 0.6) is 0 Å². The molecule has 1 aromatic heterocycles. The van der Waals surface area contributed by atoms with Crippen LogP contribution < -0.4 is 0 Å². The number of hydrogen-bond donors (Lipinski definition) is 0. The summed E-state index contributed by atoms with van der Waals surface area (Å²) in [6.45, 7) is 1.93. The van der Waals surface area contributed by atoms with Crippen LogP contribution in [0.1, 0.15) is 16.7 Å². The average Bonchev–Trinajstić information content (AvgIpc) is 2.39. The predicted molar refractivity (Wildman–Crippen MR) is 78.7 cm³/mol. The molecule has 0 radical (unpaired) electrons. The minimum atomic E-state index is 0.376. The summed E-state index contributed by atoms with van der Waals surface area (Å²) >= 11 is 12.3. The van der Waals surface area contributed by atoms with Crippen LogP contribution in [-0.4, -0.2) is 4.98 Å². The fourth-order valence-electron chi connectivity index (χ4n) is 1.76. The number of nitrogens with zero attached hydrogens (tertiary/aromatic N) is 2. The van der Waals surface area contributed by atoms with Crippen molar-refractivity contribution in [3.63, 3.8) is 0 Å². The maximum absolute atomic E-state index is 9.30. The topological polar surface area (TPSA) is 36.7 Å². The van der Waals surface area contributed by atoms with Crippen LogP contribution >= 0.6 is 23.2 Å². The number of aryl methyl sites for hydroxylation is 1. The van der Waals surface area contributed by atoms with E-state index < -0.39 is 0 Å². The van der Waals surface area contributed by atoms with E-state index in [9.17, 15) is 5.26 Å². The predicted octanol–water partition coefficient (Wildman–Crippen LogP) is 4.67. The molecule has 0 bridgehead atoms. The molecular weight excluding hydrogens is 279 g/mol. The molecule has 0 aliphatic rings. The molecule has 0 amide bonds. The smallest absolute Gasteiger partial charge is 0.101 e. The summed E-state index contributed by atoms with van der Waals surface area (Å²) in [6.07, 6.45) is 3.26. The Labute approximate surface area is 121 Å². The lowest BCUT2D eigenvalue weighted by Crippen LogP contribution is -1.88. The molecule has 0 fully saturated rings. The van der Waals surface area contributed by atoms with E-state index in [1.807, 2.05) is 19.1 Å². The summed E-state index contributed by atoms with van der Waals surface area (Å²) in [5.74, 6) is 0. The van der Waals surface area contributed by atoms with Crippen molar-refractivity contribution in [2.75, 3.05) is 0 Å². The Kier molecular flexibility index (Phi) is 4.21. The summed E-state index contributed by atoms with van der Waals surface area (Å²) < 4.78 is 0. The third-order valence-electron chi connectivity index (χ3n) is 2.58. The van der Waals surface area contributed by atoms with Gasteiger partial charge in [-0.25, -0.2) is 0 Å². The zero-order valence-corrected chi connectivity index (χ0v) is 11.7. The highest BCUT2D eigenvalue weighted by Gasteiger charge is 2.10. The van der Waals surface area contributed by atoms with Gasteiger partial charge in [0.05, 0.1) is 10.6 Å². The average molecular weight is 289 g/mol. The van der Waals surface area contributed by atoms with E-state index >= 15 is 0 Å². The first-order chi connectivity index (χ1) is 9.11. The van der Waals surface area contributed by atoms with Gasteiger partial charge in [-0.05, 0) is 36.2 Å². The van der Waals surface area contributed by atoms with Crippen molar-refractivity contribution in [3.05, 3.63) is 64.4 Å². The Morgan fingerprint density at radius 3 is 2.63 bits per heavy atom. The highest BCUT2D eigenvalue weighted by Crippen LogP contribution is 2.31. The van der Waals surface area contributed by atoms with E-state index in [0.29, 0.717) is 21.2 Å². The molecule has 2 rings (SSSR count). The van der Waals surface area contributed by atoms with E-state index in [1.165, 1.54) is 0 Å². The Hall–Kier alpha value is -1.82. The van der Waals surface area contributed by atoms with Crippen molar-refractivity contribution < 1.29 is 0 Å². The molecule has 19 heavy (non-hydrogen) atoms. The number of aromatic nitrogens is 1. The highest BCUT2D eigenvalue weighted by atomic mass is 35.5. The number of hydrogen-bond acceptors (Lipinski definition) is 2. The zero-order valence-electron chi connectivity index (χ0n) is 10.2. The lowest BCUT2D eigenvalue weighted by atomic mass is 10.0. The molecule has 1 aromatic carbocycles. The van der Waals surface area contributed by atoms with Crippen molar-refractivity contribution in [3.8, 4) is 6.07 Å². The molecule has 2 aromatic rings. The van der Waals surface area contributed by atoms with Gasteiger partial charge < -0.3 is 0 Å². The lowest BCUT2D eigenvalue weighted by Gasteiger charge is -2.06. The number of rotatable bonds is 2. The molecule has 0 unspecified atom stereocenters. The van der Waals surface area contributed by atoms with E-state index in [2.05, 4.69) is 11.1 Å². The third-order valence-corrected chi connectivity index (χ3v) is 3.20. The molecule has 0 saturated heterocycles. The number of nitriles is 1. The van der Waals surface area contributed by atoms with Crippen LogP contribution in [0, 0.1) is 18.3 Å². The molecule has 0 spiro atoms. The normalized spacial score (nSPS) is 11.7. The molecule has 0 atom stereocenters. The van der Waals surface area contributed by atoms with Crippen LogP contribution in [0.2, 0.25) is 5.02 Å². The second-order valence-corrected chi connectivity index (χ2v) is 4.87. The van der Waals surface area contributed by atoms with Gasteiger partial charge in [-0.2, -0.15) is 5.26 Å². The summed E-state index contributed by atoms with van der Waals surface area (Å²) in [5, 5.41) is 10.3. The Morgan fingerprint density at radius 2 is 2.05 bits per heavy atom. The second kappa shape index (κ2) is 5.88. The standard InChI is InChI=1S/C15H10Cl2N2/c1-10-5-12(7-13(16)6-10)15(17)14(8-18)11-3-2-4-19-9-11/h2-7,9H,1H3/b15-14+. The summed E-state index contributed by atoms with van der Waals surface area (Å²) in [4.78, 5) is 3.99. The first-order valence-electron chi connectivity index (χ1n) is 5.59. The molecule has 0 saturated carbocycles. The second-order valence-electron chi connectivity index (χ2n) is 4.06. The first kappa shape index (κ1) is 13.6. The van der Waals surface area contributed by atoms with Gasteiger partial charge in [-0.3, -0.25) is 4.98 Å². The van der Waals surface area contributed by atoms with Crippen LogP contribution in [0.3, 0.4) is 0 Å². The van der Waals surface area contributed by atoms with Crippen molar-refractivity contribution in [2.24, 2.45) is 0 Å². The summed E-state index contributed by atoms with van der Waals surface area (Å²) in [6, 6.07) is 11.2. The van der Waals surface area contributed by atoms with Gasteiger partial charge in [0.25, 0.3) is 0 Å². The fraction of sp³-hybridized carbons (Fsp3) is 0.0667. The van der Waals surface area contributed by atoms with Crippen molar-refractivity contribution >= 4 is 33.8 Å². The monoisotopic (exact) mass is 288 g/mol. The van der Waals surface area contributed by atoms with Gasteiger partial charge in [0.15, 0.2) is 0 Å². The Bertz CT molecular complexity index is 650. The molecule has 4 heteroatoms. The van der Waals surface area contributed by atoms with Gasteiger partial charge >= 0.3 is 0 Å². The Balaban J connectivity index is 2.59. The van der Waals surface area contributed by atoms with Crippen LogP contribution in [-0.2, 0) is 0 Å². The van der Waals surface area contributed by atoms with Gasteiger partial charge in [0.1, 0.15) is 6.07 Å². The van der Waals surface area contributed by atoms with Crippen LogP contribution in [0.15, 0.2) is 42.7 Å². The largest absolute Gasteiger partial charge is 0.264 e. The SMILES string of the molecule is Cc1cc(Cl)cc(/C(Cl)=C(/C#N)c2cccnc2)c1. The van der Waals surface area contributed by atoms with Gasteiger partial charge in [0, 0.05) is 23.0 Å². The summed E-state index contributed by atoms with van der Waals surface area (Å²) in [5.41, 5.74) is 2.79. The molecule has 94 valence electrons. The van der Waals surface area contributed by atoms with Gasteiger partial charge in [-0.15, -0.1) is 0 Å². The third kappa shape index (κ3) is 3.14. The minimum absolute atomic E-state index is 0.376. The maximum atomic E-state index is 9.30. The molecule has 0 aliphatic carbocycles. The Morgan fingerprint density at radius 1 is 1.26 bits per heavy atom. The number of halogens is 2.